The van der Waals surface area contributed by atoms with Crippen molar-refractivity contribution >= 4 is 39.0 Å². The molecule has 1 aliphatic heterocycles. The van der Waals surface area contributed by atoms with Gasteiger partial charge in [-0.1, -0.05) is 24.3 Å². The third-order valence-electron chi connectivity index (χ3n) is 3.93. The Hall–Kier alpha value is -3.44. The number of carboxylic acids is 1. The van der Waals surface area contributed by atoms with E-state index in [0.717, 1.165) is 0 Å². The van der Waals surface area contributed by atoms with Gasteiger partial charge in [-0.15, -0.1) is 0 Å². The first-order valence-corrected chi connectivity index (χ1v) is 9.93. The van der Waals surface area contributed by atoms with Gasteiger partial charge in [-0.3, -0.25) is 9.59 Å². The highest BCUT2D eigenvalue weighted by atomic mass is 32.2. The number of carbonyl (C=O) groups excluding carboxylic acids is 1. The van der Waals surface area contributed by atoms with Crippen molar-refractivity contribution in [1.82, 2.24) is 4.72 Å². The number of anilines is 1. The number of nitrogens with zero attached hydrogens (tertiary/aromatic N) is 4. The average molecular weight is 415 g/mol. The van der Waals surface area contributed by atoms with Gasteiger partial charge in [0.15, 0.2) is 6.04 Å². The molecule has 29 heavy (non-hydrogen) atoms. The number of carboxylic acid groups (broad SMARTS) is 1. The number of hydrogen-bond acceptors (Lipinski definition) is 7. The minimum absolute atomic E-state index is 0.163. The lowest BCUT2D eigenvalue weighted by Gasteiger charge is -2.11. The summed E-state index contributed by atoms with van der Waals surface area (Å²) in [5.74, 6) is -1.67. The number of nitrogens with one attached hydrogen (secondary N) is 1. The van der Waals surface area contributed by atoms with Crippen molar-refractivity contribution in [2.75, 3.05) is 11.6 Å². The van der Waals surface area contributed by atoms with E-state index in [4.69, 9.17) is 5.11 Å². The van der Waals surface area contributed by atoms with Crippen LogP contribution in [0.15, 0.2) is 74.8 Å². The number of aliphatic carboxylic acids is 1. The fraction of sp³-hybridized carbons (Fsp3) is 0.167. The van der Waals surface area contributed by atoms with E-state index >= 15 is 0 Å². The van der Waals surface area contributed by atoms with Crippen molar-refractivity contribution in [2.45, 2.75) is 17.9 Å². The third kappa shape index (κ3) is 4.70. The van der Waals surface area contributed by atoms with Crippen molar-refractivity contribution in [3.05, 3.63) is 54.6 Å². The Labute approximate surface area is 166 Å². The van der Waals surface area contributed by atoms with Crippen LogP contribution >= 0.6 is 0 Å². The number of benzene rings is 2. The van der Waals surface area contributed by atoms with Crippen LogP contribution in [-0.2, 0) is 19.6 Å². The standard InChI is InChI=1S/C18H17N5O5S/c1-12-17(18(26)23(22-12)14-7-3-2-4-8-14)21-20-13-6-5-9-15(10-13)29(27,28)19-11-16(24)25/h2-10,17,19H,11H2,1H3,(H,24,25). The maximum atomic E-state index is 12.6. The zero-order valence-corrected chi connectivity index (χ0v) is 16.1. The normalized spacial score (nSPS) is 17.0. The molecular weight excluding hydrogens is 398 g/mol. The highest BCUT2D eigenvalue weighted by Crippen LogP contribution is 2.24. The van der Waals surface area contributed by atoms with Crippen molar-refractivity contribution < 1.29 is 23.1 Å². The van der Waals surface area contributed by atoms with Crippen LogP contribution in [0, 0.1) is 0 Å². The van der Waals surface area contributed by atoms with Crippen LogP contribution in [0.1, 0.15) is 6.92 Å². The molecule has 2 N–H and O–H groups in total. The van der Waals surface area contributed by atoms with Crippen LogP contribution in [0.5, 0.6) is 0 Å². The van der Waals surface area contributed by atoms with Crippen LogP contribution < -0.4 is 9.73 Å². The van der Waals surface area contributed by atoms with E-state index in [1.807, 2.05) is 10.8 Å². The second-order valence-corrected chi connectivity index (χ2v) is 7.83. The van der Waals surface area contributed by atoms with Crippen molar-refractivity contribution in [2.24, 2.45) is 15.3 Å². The zero-order chi connectivity index (χ0) is 21.0. The molecule has 2 aromatic carbocycles. The molecule has 150 valence electrons. The molecule has 0 radical (unpaired) electrons. The molecule has 0 aliphatic carbocycles. The van der Waals surface area contributed by atoms with Gasteiger partial charge in [-0.2, -0.15) is 25.1 Å². The van der Waals surface area contributed by atoms with Crippen molar-refractivity contribution in [3.63, 3.8) is 0 Å². The van der Waals surface area contributed by atoms with E-state index in [-0.39, 0.29) is 16.5 Å². The van der Waals surface area contributed by atoms with Gasteiger partial charge in [-0.05, 0) is 37.3 Å². The summed E-state index contributed by atoms with van der Waals surface area (Å²) in [6, 6.07) is 13.4. The van der Waals surface area contributed by atoms with Gasteiger partial charge in [-0.25, -0.2) is 8.42 Å². The van der Waals surface area contributed by atoms with E-state index in [1.165, 1.54) is 29.3 Å². The topological polar surface area (TPSA) is 141 Å². The minimum atomic E-state index is -4.01. The molecule has 1 amide bonds. The SMILES string of the molecule is CC1=NN(c2ccccc2)C(=O)C1N=Nc1cccc(S(=O)(=O)NCC(=O)O)c1. The number of rotatable bonds is 7. The number of azo groups is 1. The molecule has 0 saturated carbocycles. The molecule has 0 saturated heterocycles. The number of amides is 1. The molecule has 10 nitrogen and oxygen atoms in total. The van der Waals surface area contributed by atoms with Gasteiger partial charge in [0, 0.05) is 0 Å². The van der Waals surface area contributed by atoms with Crippen LogP contribution in [0.25, 0.3) is 0 Å². The maximum absolute atomic E-state index is 12.6. The van der Waals surface area contributed by atoms with Crippen LogP contribution in [0.2, 0.25) is 0 Å². The molecule has 1 atom stereocenters. The monoisotopic (exact) mass is 415 g/mol. The first-order valence-electron chi connectivity index (χ1n) is 8.44. The van der Waals surface area contributed by atoms with Gasteiger partial charge in [0.25, 0.3) is 5.91 Å². The predicted molar refractivity (Wildman–Crippen MR) is 105 cm³/mol. The molecule has 2 aromatic rings. The number of para-hydroxylation sites is 1. The molecule has 1 unspecified atom stereocenters. The van der Waals surface area contributed by atoms with Gasteiger partial charge < -0.3 is 5.11 Å². The number of carbonyl (C=O) groups is 2. The molecule has 0 bridgehead atoms. The summed E-state index contributed by atoms with van der Waals surface area (Å²) in [4.78, 5) is 23.0. The molecule has 0 fully saturated rings. The summed E-state index contributed by atoms with van der Waals surface area (Å²) in [5.41, 5.74) is 1.25. The van der Waals surface area contributed by atoms with Gasteiger partial charge in [0.1, 0.15) is 6.54 Å². The molecule has 11 heteroatoms. The van der Waals surface area contributed by atoms with Crippen molar-refractivity contribution in [3.8, 4) is 0 Å². The van der Waals surface area contributed by atoms with Gasteiger partial charge >= 0.3 is 5.97 Å². The zero-order valence-electron chi connectivity index (χ0n) is 15.3. The summed E-state index contributed by atoms with van der Waals surface area (Å²) >= 11 is 0. The molecule has 3 rings (SSSR count). The van der Waals surface area contributed by atoms with E-state index in [2.05, 4.69) is 15.3 Å². The van der Waals surface area contributed by atoms with Crippen molar-refractivity contribution in [1.29, 1.82) is 0 Å². The molecular formula is C18H17N5O5S. The molecule has 1 heterocycles. The molecule has 1 aliphatic rings. The largest absolute Gasteiger partial charge is 0.480 e. The van der Waals surface area contributed by atoms with Gasteiger partial charge in [0.05, 0.1) is 22.0 Å². The summed E-state index contributed by atoms with van der Waals surface area (Å²) in [5, 5.41) is 22.1. The lowest BCUT2D eigenvalue weighted by atomic mass is 10.2. The first-order chi connectivity index (χ1) is 13.8. The van der Waals surface area contributed by atoms with E-state index in [0.29, 0.717) is 11.4 Å². The second-order valence-electron chi connectivity index (χ2n) is 6.06. The Morgan fingerprint density at radius 1 is 1.21 bits per heavy atom. The lowest BCUT2D eigenvalue weighted by Crippen LogP contribution is -2.29. The van der Waals surface area contributed by atoms with Crippen LogP contribution in [0.3, 0.4) is 0 Å². The van der Waals surface area contributed by atoms with Crippen LogP contribution in [0.4, 0.5) is 11.4 Å². The van der Waals surface area contributed by atoms with E-state index in [1.54, 1.807) is 31.2 Å². The quantitative estimate of drug-likeness (QED) is 0.665. The smallest absolute Gasteiger partial charge is 0.318 e. The summed E-state index contributed by atoms with van der Waals surface area (Å²) in [6.45, 7) is 0.914. The fourth-order valence-electron chi connectivity index (χ4n) is 2.52. The highest BCUT2D eigenvalue weighted by molar-refractivity contribution is 7.89. The maximum Gasteiger partial charge on any atom is 0.318 e. The summed E-state index contributed by atoms with van der Waals surface area (Å²) in [7, 11) is -4.01. The number of hydrazone groups is 1. The Kier molecular flexibility index (Phi) is 5.80. The summed E-state index contributed by atoms with van der Waals surface area (Å²) < 4.78 is 26.2. The molecule has 0 aromatic heterocycles. The highest BCUT2D eigenvalue weighted by Gasteiger charge is 2.34. The Morgan fingerprint density at radius 3 is 2.62 bits per heavy atom. The summed E-state index contributed by atoms with van der Waals surface area (Å²) in [6.07, 6.45) is 0. The van der Waals surface area contributed by atoms with Gasteiger partial charge in [0.2, 0.25) is 10.0 Å². The Morgan fingerprint density at radius 2 is 1.93 bits per heavy atom. The number of sulfonamides is 1. The molecule has 0 spiro atoms. The third-order valence-corrected chi connectivity index (χ3v) is 5.33. The average Bonchev–Trinajstić information content (AvgIpc) is 2.99. The minimum Gasteiger partial charge on any atom is -0.480 e. The lowest BCUT2D eigenvalue weighted by molar-refractivity contribution is -0.135. The first kappa shape index (κ1) is 20.3. The Bertz CT molecular complexity index is 1100. The second kappa shape index (κ2) is 8.29. The van der Waals surface area contributed by atoms with E-state index < -0.39 is 28.6 Å². The fourth-order valence-corrected chi connectivity index (χ4v) is 3.53. The predicted octanol–water partition coefficient (Wildman–Crippen LogP) is 1.92. The number of hydrogen-bond donors (Lipinski definition) is 2. The van der Waals surface area contributed by atoms with Crippen LogP contribution in [-0.4, -0.2) is 43.7 Å². The Balaban J connectivity index is 1.78. The van der Waals surface area contributed by atoms with E-state index in [9.17, 15) is 18.0 Å².